The molecule has 0 saturated heterocycles. The molecule has 2 atom stereocenters. The maximum Gasteiger partial charge on any atom is 0.0116 e. The van der Waals surface area contributed by atoms with Gasteiger partial charge in [-0.3, -0.25) is 0 Å². The molecule has 1 rings (SSSR count). The number of hydrogen-bond acceptors (Lipinski definition) is 2. The topological polar surface area (TPSA) is 24.1 Å². The molecular formula is C20H42N2. The Morgan fingerprint density at radius 1 is 0.591 bits per heavy atom. The molecule has 0 aromatic carbocycles. The molecule has 22 heavy (non-hydrogen) atoms. The van der Waals surface area contributed by atoms with Crippen LogP contribution in [0.2, 0.25) is 0 Å². The zero-order valence-corrected chi connectivity index (χ0v) is 16.4. The van der Waals surface area contributed by atoms with E-state index in [1.54, 1.807) is 0 Å². The Morgan fingerprint density at radius 3 is 1.18 bits per heavy atom. The first-order valence-electron chi connectivity index (χ1n) is 9.74. The van der Waals surface area contributed by atoms with Crippen molar-refractivity contribution in [1.29, 1.82) is 0 Å². The van der Waals surface area contributed by atoms with E-state index in [0.29, 0.717) is 47.8 Å². The summed E-state index contributed by atoms with van der Waals surface area (Å²) in [5, 5.41) is 7.95. The second-order valence-electron chi connectivity index (χ2n) is 8.92. The average Bonchev–Trinajstić information content (AvgIpc) is 2.41. The highest BCUT2D eigenvalue weighted by atomic mass is 15.0. The molecule has 0 amide bonds. The van der Waals surface area contributed by atoms with E-state index in [0.717, 1.165) is 0 Å². The largest absolute Gasteiger partial charge is 0.311 e. The van der Waals surface area contributed by atoms with E-state index < -0.39 is 0 Å². The Bertz CT molecular complexity index is 252. The monoisotopic (exact) mass is 310 g/mol. The lowest BCUT2D eigenvalue weighted by Gasteiger charge is -2.39. The van der Waals surface area contributed by atoms with Crippen molar-refractivity contribution < 1.29 is 0 Å². The molecule has 1 aliphatic rings. The predicted octanol–water partition coefficient (Wildman–Crippen LogP) is 4.84. The van der Waals surface area contributed by atoms with Gasteiger partial charge in [-0.05, 0) is 42.9 Å². The van der Waals surface area contributed by atoms with E-state index in [2.05, 4.69) is 66.0 Å². The van der Waals surface area contributed by atoms with Crippen molar-refractivity contribution in [3.63, 3.8) is 0 Å². The molecule has 0 bridgehead atoms. The van der Waals surface area contributed by atoms with Crippen LogP contribution in [0.1, 0.15) is 81.1 Å². The summed E-state index contributed by atoms with van der Waals surface area (Å²) >= 11 is 0. The zero-order valence-electron chi connectivity index (χ0n) is 16.4. The highest BCUT2D eigenvalue weighted by Crippen LogP contribution is 2.24. The van der Waals surface area contributed by atoms with Gasteiger partial charge in [0.2, 0.25) is 0 Å². The minimum absolute atomic E-state index is 0.648. The van der Waals surface area contributed by atoms with Gasteiger partial charge in [-0.15, -0.1) is 0 Å². The normalized spacial score (nSPS) is 23.7. The minimum atomic E-state index is 0.648. The summed E-state index contributed by atoms with van der Waals surface area (Å²) in [4.78, 5) is 0. The third-order valence-electron chi connectivity index (χ3n) is 5.40. The fourth-order valence-electron chi connectivity index (χ4n) is 4.35. The van der Waals surface area contributed by atoms with Crippen LogP contribution in [-0.2, 0) is 0 Å². The average molecular weight is 311 g/mol. The summed E-state index contributed by atoms with van der Waals surface area (Å²) in [6, 6.07) is 2.69. The Hall–Kier alpha value is -0.0800. The molecule has 2 heteroatoms. The lowest BCUT2D eigenvalue weighted by atomic mass is 9.85. The summed E-state index contributed by atoms with van der Waals surface area (Å²) in [5.74, 6) is 2.86. The van der Waals surface area contributed by atoms with Crippen molar-refractivity contribution >= 4 is 0 Å². The van der Waals surface area contributed by atoms with Crippen LogP contribution in [0.25, 0.3) is 0 Å². The van der Waals surface area contributed by atoms with Crippen LogP contribution in [0, 0.1) is 23.7 Å². The van der Waals surface area contributed by atoms with Crippen molar-refractivity contribution in [2.75, 3.05) is 0 Å². The molecule has 2 nitrogen and oxygen atoms in total. The van der Waals surface area contributed by atoms with Crippen molar-refractivity contribution in [3.05, 3.63) is 0 Å². The molecule has 1 aliphatic carbocycles. The molecule has 0 aliphatic heterocycles. The molecule has 132 valence electrons. The summed E-state index contributed by atoms with van der Waals surface area (Å²) in [7, 11) is 0. The summed E-state index contributed by atoms with van der Waals surface area (Å²) < 4.78 is 0. The van der Waals surface area contributed by atoms with E-state index in [1.807, 2.05) is 0 Å². The Labute approximate surface area is 140 Å². The van der Waals surface area contributed by atoms with Crippen molar-refractivity contribution in [3.8, 4) is 0 Å². The van der Waals surface area contributed by atoms with Crippen molar-refractivity contribution in [2.45, 2.75) is 105 Å². The molecule has 0 heterocycles. The Kier molecular flexibility index (Phi) is 8.42. The second-order valence-corrected chi connectivity index (χ2v) is 8.92. The summed E-state index contributed by atoms with van der Waals surface area (Å²) in [6.45, 7) is 18.8. The van der Waals surface area contributed by atoms with Gasteiger partial charge in [-0.2, -0.15) is 0 Å². The second kappa shape index (κ2) is 9.27. The van der Waals surface area contributed by atoms with Gasteiger partial charge in [-0.25, -0.2) is 0 Å². The molecule has 0 radical (unpaired) electrons. The molecule has 0 aromatic heterocycles. The van der Waals surface area contributed by atoms with Gasteiger partial charge in [0.05, 0.1) is 0 Å². The van der Waals surface area contributed by atoms with Gasteiger partial charge in [0, 0.05) is 24.2 Å². The maximum atomic E-state index is 3.98. The lowest BCUT2D eigenvalue weighted by Crippen LogP contribution is -2.52. The molecule has 0 aromatic rings. The van der Waals surface area contributed by atoms with Gasteiger partial charge in [0.1, 0.15) is 0 Å². The van der Waals surface area contributed by atoms with E-state index in [-0.39, 0.29) is 0 Å². The first kappa shape index (κ1) is 20.0. The highest BCUT2D eigenvalue weighted by Gasteiger charge is 2.28. The maximum absolute atomic E-state index is 3.98. The summed E-state index contributed by atoms with van der Waals surface area (Å²) in [6.07, 6.45) is 5.36. The Balaban J connectivity index is 2.57. The van der Waals surface area contributed by atoms with E-state index in [4.69, 9.17) is 0 Å². The van der Waals surface area contributed by atoms with Crippen LogP contribution in [-0.4, -0.2) is 24.2 Å². The van der Waals surface area contributed by atoms with Gasteiger partial charge in [0.15, 0.2) is 0 Å². The van der Waals surface area contributed by atoms with E-state index >= 15 is 0 Å². The number of hydrogen-bond donors (Lipinski definition) is 2. The van der Waals surface area contributed by atoms with Crippen LogP contribution in [0.5, 0.6) is 0 Å². The van der Waals surface area contributed by atoms with Crippen molar-refractivity contribution in [2.24, 2.45) is 23.7 Å². The smallest absolute Gasteiger partial charge is 0.0116 e. The van der Waals surface area contributed by atoms with Gasteiger partial charge < -0.3 is 10.6 Å². The van der Waals surface area contributed by atoms with Crippen LogP contribution in [0.3, 0.4) is 0 Å². The van der Waals surface area contributed by atoms with Crippen LogP contribution in [0.15, 0.2) is 0 Å². The van der Waals surface area contributed by atoms with Crippen LogP contribution in [0.4, 0.5) is 0 Å². The van der Waals surface area contributed by atoms with E-state index in [1.165, 1.54) is 25.7 Å². The first-order chi connectivity index (χ1) is 10.2. The Morgan fingerprint density at radius 2 is 0.909 bits per heavy atom. The van der Waals surface area contributed by atoms with Gasteiger partial charge in [0.25, 0.3) is 0 Å². The number of rotatable bonds is 8. The van der Waals surface area contributed by atoms with Crippen LogP contribution < -0.4 is 10.6 Å². The molecular weight excluding hydrogens is 268 g/mol. The predicted molar refractivity (Wildman–Crippen MR) is 99.2 cm³/mol. The number of nitrogens with one attached hydrogen (secondary N) is 2. The standard InChI is InChI=1S/C20H42N2/c1-13(2)19(14(3)4)21-17-10-9-11-18(12-17)22-20(15(5)6)16(7)8/h13-22H,9-12H2,1-8H3. The SMILES string of the molecule is CC(C)C(NC1CCCC(NC(C(C)C)C(C)C)C1)C(C)C. The van der Waals surface area contributed by atoms with E-state index in [9.17, 15) is 0 Å². The minimum Gasteiger partial charge on any atom is -0.311 e. The zero-order chi connectivity index (χ0) is 16.9. The molecule has 0 spiro atoms. The van der Waals surface area contributed by atoms with Crippen molar-refractivity contribution in [1.82, 2.24) is 10.6 Å². The quantitative estimate of drug-likeness (QED) is 0.670. The third kappa shape index (κ3) is 6.20. The molecule has 2 N–H and O–H groups in total. The fraction of sp³-hybridized carbons (Fsp3) is 1.00. The molecule has 1 fully saturated rings. The lowest BCUT2D eigenvalue weighted by molar-refractivity contribution is 0.201. The van der Waals surface area contributed by atoms with Gasteiger partial charge in [-0.1, -0.05) is 61.8 Å². The third-order valence-corrected chi connectivity index (χ3v) is 5.40. The van der Waals surface area contributed by atoms with Crippen LogP contribution >= 0.6 is 0 Å². The molecule has 1 saturated carbocycles. The molecule has 2 unspecified atom stereocenters. The van der Waals surface area contributed by atoms with Gasteiger partial charge >= 0.3 is 0 Å². The first-order valence-corrected chi connectivity index (χ1v) is 9.74. The highest BCUT2D eigenvalue weighted by molar-refractivity contribution is 4.88. The summed E-state index contributed by atoms with van der Waals surface area (Å²) in [5.41, 5.74) is 0. The fourth-order valence-corrected chi connectivity index (χ4v) is 4.35.